The minimum Gasteiger partial charge on any atom is -0.508 e. The summed E-state index contributed by atoms with van der Waals surface area (Å²) < 4.78 is 0. The Kier molecular flexibility index (Phi) is 6.82. The van der Waals surface area contributed by atoms with E-state index in [1.165, 1.54) is 0 Å². The van der Waals surface area contributed by atoms with Gasteiger partial charge in [-0.25, -0.2) is 0 Å². The van der Waals surface area contributed by atoms with Gasteiger partial charge in [0, 0.05) is 42.6 Å². The highest BCUT2D eigenvalue weighted by atomic mass is 16.3. The SMILES string of the molecule is Cc1ccccc1N/C=C(\N)c1ccc(CN2CCC=C([C@](C)(O)CO)C2)c(O)c1. The molecule has 6 heteroatoms. The van der Waals surface area contributed by atoms with Crippen molar-refractivity contribution in [2.75, 3.05) is 25.0 Å². The number of aliphatic hydroxyl groups is 2. The molecule has 0 radical (unpaired) electrons. The third-order valence-electron chi connectivity index (χ3n) is 5.57. The van der Waals surface area contributed by atoms with Crippen molar-refractivity contribution in [3.05, 3.63) is 77.0 Å². The molecule has 0 aromatic heterocycles. The smallest absolute Gasteiger partial charge is 0.120 e. The number of nitrogens with two attached hydrogens (primary N) is 1. The maximum atomic E-state index is 10.5. The number of hydrogen-bond donors (Lipinski definition) is 5. The van der Waals surface area contributed by atoms with Gasteiger partial charge in [0.15, 0.2) is 0 Å². The maximum Gasteiger partial charge on any atom is 0.120 e. The quantitative estimate of drug-likeness (QED) is 0.451. The number of hydrogen-bond acceptors (Lipinski definition) is 6. The molecule has 1 aliphatic rings. The first-order valence-corrected chi connectivity index (χ1v) is 10.2. The Balaban J connectivity index is 1.67. The third-order valence-corrected chi connectivity index (χ3v) is 5.57. The molecule has 0 saturated heterocycles. The second-order valence-electron chi connectivity index (χ2n) is 8.06. The van der Waals surface area contributed by atoms with Crippen LogP contribution in [0.2, 0.25) is 0 Å². The zero-order valence-electron chi connectivity index (χ0n) is 17.6. The van der Waals surface area contributed by atoms with Crippen LogP contribution in [-0.2, 0) is 6.54 Å². The molecule has 6 N–H and O–H groups in total. The van der Waals surface area contributed by atoms with Crippen LogP contribution in [0.4, 0.5) is 5.69 Å². The summed E-state index contributed by atoms with van der Waals surface area (Å²) in [4.78, 5) is 2.15. The van der Waals surface area contributed by atoms with E-state index in [0.29, 0.717) is 18.8 Å². The number of anilines is 1. The molecule has 2 aromatic carbocycles. The highest BCUT2D eigenvalue weighted by Gasteiger charge is 2.28. The van der Waals surface area contributed by atoms with Gasteiger partial charge < -0.3 is 26.4 Å². The standard InChI is InChI=1S/C24H31N3O3/c1-17-6-3-4-8-22(17)26-13-21(25)18-9-10-19(23(29)12-18)14-27-11-5-7-20(15-27)24(2,30)16-28/h3-4,6-10,12-13,26,28-30H,5,11,14-16,25H2,1-2H3/b21-13-/t24-/m1/s1. The molecule has 0 aliphatic carbocycles. The minimum absolute atomic E-state index is 0.185. The van der Waals surface area contributed by atoms with Crippen LogP contribution in [0.3, 0.4) is 0 Å². The van der Waals surface area contributed by atoms with Crippen molar-refractivity contribution in [3.63, 3.8) is 0 Å². The van der Waals surface area contributed by atoms with E-state index in [9.17, 15) is 15.3 Å². The van der Waals surface area contributed by atoms with Crippen LogP contribution in [0.5, 0.6) is 5.75 Å². The van der Waals surface area contributed by atoms with E-state index < -0.39 is 5.60 Å². The Hall–Kier alpha value is -2.80. The predicted molar refractivity (Wildman–Crippen MR) is 121 cm³/mol. The molecule has 0 spiro atoms. The monoisotopic (exact) mass is 409 g/mol. The van der Waals surface area contributed by atoms with Crippen molar-refractivity contribution < 1.29 is 15.3 Å². The largest absolute Gasteiger partial charge is 0.508 e. The second kappa shape index (κ2) is 9.34. The number of phenolic OH excluding ortho intramolecular Hbond substituents is 1. The van der Waals surface area contributed by atoms with Gasteiger partial charge in [-0.1, -0.05) is 36.4 Å². The molecule has 0 unspecified atom stereocenters. The van der Waals surface area contributed by atoms with E-state index in [1.807, 2.05) is 49.4 Å². The average Bonchev–Trinajstić information content (AvgIpc) is 2.74. The summed E-state index contributed by atoms with van der Waals surface area (Å²) in [6.45, 7) is 5.26. The molecule has 0 fully saturated rings. The molecule has 0 bridgehead atoms. The number of benzene rings is 2. The van der Waals surface area contributed by atoms with Crippen LogP contribution >= 0.6 is 0 Å². The first-order chi connectivity index (χ1) is 14.3. The number of aliphatic hydroxyl groups excluding tert-OH is 1. The second-order valence-corrected chi connectivity index (χ2v) is 8.06. The van der Waals surface area contributed by atoms with Crippen molar-refractivity contribution >= 4 is 11.4 Å². The average molecular weight is 410 g/mol. The van der Waals surface area contributed by atoms with Gasteiger partial charge in [-0.2, -0.15) is 0 Å². The Morgan fingerprint density at radius 2 is 2.03 bits per heavy atom. The molecular formula is C24H31N3O3. The topological polar surface area (TPSA) is 102 Å². The van der Waals surface area contributed by atoms with Crippen molar-refractivity contribution in [3.8, 4) is 5.75 Å². The van der Waals surface area contributed by atoms with E-state index in [4.69, 9.17) is 5.73 Å². The van der Waals surface area contributed by atoms with Crippen LogP contribution in [0.1, 0.15) is 30.0 Å². The summed E-state index contributed by atoms with van der Waals surface area (Å²) in [6.07, 6.45) is 4.52. The van der Waals surface area contributed by atoms with E-state index in [1.54, 1.807) is 19.2 Å². The first kappa shape index (κ1) is 21.9. The van der Waals surface area contributed by atoms with Crippen molar-refractivity contribution in [2.24, 2.45) is 5.73 Å². The number of nitrogens with zero attached hydrogens (tertiary/aromatic N) is 1. The summed E-state index contributed by atoms with van der Waals surface area (Å²) in [5.41, 5.74) is 9.95. The lowest BCUT2D eigenvalue weighted by Crippen LogP contribution is -2.40. The molecule has 1 atom stereocenters. The minimum atomic E-state index is -1.21. The molecule has 160 valence electrons. The summed E-state index contributed by atoms with van der Waals surface area (Å²) in [5, 5.41) is 33.5. The van der Waals surface area contributed by atoms with Gasteiger partial charge in [0.1, 0.15) is 11.4 Å². The fourth-order valence-corrected chi connectivity index (χ4v) is 3.52. The number of nitrogens with one attached hydrogen (secondary N) is 1. The number of aromatic hydroxyl groups is 1. The molecule has 1 heterocycles. The lowest BCUT2D eigenvalue weighted by atomic mass is 9.92. The fourth-order valence-electron chi connectivity index (χ4n) is 3.52. The van der Waals surface area contributed by atoms with E-state index in [2.05, 4.69) is 10.2 Å². The molecule has 1 aliphatic heterocycles. The lowest BCUT2D eigenvalue weighted by Gasteiger charge is -2.33. The normalized spacial score (nSPS) is 17.3. The highest BCUT2D eigenvalue weighted by Crippen LogP contribution is 2.27. The van der Waals surface area contributed by atoms with Crippen LogP contribution in [0.25, 0.3) is 5.70 Å². The highest BCUT2D eigenvalue weighted by molar-refractivity contribution is 5.67. The van der Waals surface area contributed by atoms with Crippen LogP contribution in [-0.4, -0.2) is 45.5 Å². The van der Waals surface area contributed by atoms with Crippen LogP contribution < -0.4 is 11.1 Å². The Morgan fingerprint density at radius 3 is 2.73 bits per heavy atom. The predicted octanol–water partition coefficient (Wildman–Crippen LogP) is 2.95. The third kappa shape index (κ3) is 5.21. The van der Waals surface area contributed by atoms with Crippen molar-refractivity contribution in [2.45, 2.75) is 32.4 Å². The molecule has 6 nitrogen and oxygen atoms in total. The molecular weight excluding hydrogens is 378 g/mol. The number of phenols is 1. The van der Waals surface area contributed by atoms with Gasteiger partial charge >= 0.3 is 0 Å². The zero-order valence-corrected chi connectivity index (χ0v) is 17.6. The van der Waals surface area contributed by atoms with Gasteiger partial charge in [-0.05, 0) is 43.5 Å². The summed E-state index contributed by atoms with van der Waals surface area (Å²) in [5.74, 6) is 0.185. The summed E-state index contributed by atoms with van der Waals surface area (Å²) in [6, 6.07) is 13.4. The Labute approximate surface area is 178 Å². The summed E-state index contributed by atoms with van der Waals surface area (Å²) in [7, 11) is 0. The van der Waals surface area contributed by atoms with Gasteiger partial charge in [0.2, 0.25) is 0 Å². The van der Waals surface area contributed by atoms with Crippen LogP contribution in [0, 0.1) is 6.92 Å². The Morgan fingerprint density at radius 1 is 1.27 bits per heavy atom. The zero-order chi connectivity index (χ0) is 21.7. The molecule has 0 saturated carbocycles. The van der Waals surface area contributed by atoms with Gasteiger partial charge in [-0.3, -0.25) is 4.90 Å². The van der Waals surface area contributed by atoms with Gasteiger partial charge in [0.25, 0.3) is 0 Å². The molecule has 0 amide bonds. The van der Waals surface area contributed by atoms with E-state index >= 15 is 0 Å². The van der Waals surface area contributed by atoms with Crippen LogP contribution in [0.15, 0.2) is 60.3 Å². The van der Waals surface area contributed by atoms with Gasteiger partial charge in [-0.15, -0.1) is 0 Å². The number of aryl methyl sites for hydroxylation is 1. The number of rotatable bonds is 7. The summed E-state index contributed by atoms with van der Waals surface area (Å²) >= 11 is 0. The van der Waals surface area contributed by atoms with Gasteiger partial charge in [0.05, 0.1) is 12.3 Å². The van der Waals surface area contributed by atoms with Crippen molar-refractivity contribution in [1.82, 2.24) is 4.90 Å². The molecule has 3 rings (SSSR count). The number of para-hydroxylation sites is 1. The lowest BCUT2D eigenvalue weighted by molar-refractivity contribution is 0.0247. The van der Waals surface area contributed by atoms with E-state index in [-0.39, 0.29) is 12.4 Å². The molecule has 30 heavy (non-hydrogen) atoms. The van der Waals surface area contributed by atoms with E-state index in [0.717, 1.165) is 40.9 Å². The first-order valence-electron chi connectivity index (χ1n) is 10.2. The Bertz CT molecular complexity index is 950. The fraction of sp³-hybridized carbons (Fsp3) is 0.333. The maximum absolute atomic E-state index is 10.5. The van der Waals surface area contributed by atoms with Crippen molar-refractivity contribution in [1.29, 1.82) is 0 Å². The molecule has 2 aromatic rings.